The van der Waals surface area contributed by atoms with E-state index in [1.54, 1.807) is 12.1 Å². The van der Waals surface area contributed by atoms with Gasteiger partial charge in [-0.25, -0.2) is 14.1 Å². The lowest BCUT2D eigenvalue weighted by Gasteiger charge is -2.27. The molecular formula is C16H18ClF4N5OS. The van der Waals surface area contributed by atoms with E-state index in [-0.39, 0.29) is 56.0 Å². The molecule has 2 aromatic rings. The number of thioether (sulfide) groups is 1. The van der Waals surface area contributed by atoms with Crippen LogP contribution in [0.2, 0.25) is 0 Å². The lowest BCUT2D eigenvalue weighted by molar-refractivity contribution is -0.145. The SMILES string of the molecule is Cl.N[C@H](CSc1ccc(F)cc1)CC(=O)N1CCn2nc(C(F)(F)F)nc2C1. The number of nitrogens with zero attached hydrogens (tertiary/aromatic N) is 4. The van der Waals surface area contributed by atoms with E-state index < -0.39 is 18.0 Å². The second-order valence-electron chi connectivity index (χ2n) is 6.12. The molecule has 1 atom stereocenters. The molecule has 0 saturated carbocycles. The second-order valence-corrected chi connectivity index (χ2v) is 7.21. The Bertz CT molecular complexity index is 814. The summed E-state index contributed by atoms with van der Waals surface area (Å²) < 4.78 is 52.1. The summed E-state index contributed by atoms with van der Waals surface area (Å²) in [6.45, 7) is 0.383. The predicted molar refractivity (Wildman–Crippen MR) is 97.4 cm³/mol. The molecule has 12 heteroatoms. The summed E-state index contributed by atoms with van der Waals surface area (Å²) in [6, 6.07) is 5.52. The van der Waals surface area contributed by atoms with Gasteiger partial charge in [0.05, 0.1) is 13.1 Å². The van der Waals surface area contributed by atoms with Crippen molar-refractivity contribution in [1.29, 1.82) is 0 Å². The first kappa shape index (κ1) is 22.4. The average Bonchev–Trinajstić information content (AvgIpc) is 3.05. The van der Waals surface area contributed by atoms with Gasteiger partial charge in [0.15, 0.2) is 0 Å². The van der Waals surface area contributed by atoms with E-state index in [1.165, 1.54) is 33.5 Å². The molecule has 1 amide bonds. The molecule has 154 valence electrons. The van der Waals surface area contributed by atoms with E-state index >= 15 is 0 Å². The van der Waals surface area contributed by atoms with Gasteiger partial charge in [-0.3, -0.25) is 4.79 Å². The van der Waals surface area contributed by atoms with Gasteiger partial charge in [-0.15, -0.1) is 29.3 Å². The molecule has 1 aromatic heterocycles. The fraction of sp³-hybridized carbons (Fsp3) is 0.438. The van der Waals surface area contributed by atoms with Crippen molar-refractivity contribution in [3.05, 3.63) is 41.7 Å². The number of aromatic nitrogens is 3. The Hall–Kier alpha value is -1.85. The number of carbonyl (C=O) groups excluding carboxylic acids is 1. The standard InChI is InChI=1S/C16H17F4N5OS.ClH/c17-10-1-3-12(4-2-10)27-9-11(21)7-14(26)24-5-6-25-13(8-24)22-15(23-25)16(18,19)20;/h1-4,11H,5-9,21H2;1H/t11-;/m0./s1. The summed E-state index contributed by atoms with van der Waals surface area (Å²) in [5, 5.41) is 3.43. The van der Waals surface area contributed by atoms with Crippen LogP contribution in [0, 0.1) is 5.82 Å². The molecule has 0 radical (unpaired) electrons. The summed E-state index contributed by atoms with van der Waals surface area (Å²) >= 11 is 1.41. The van der Waals surface area contributed by atoms with E-state index in [2.05, 4.69) is 10.1 Å². The normalized spacial score (nSPS) is 15.0. The van der Waals surface area contributed by atoms with Crippen LogP contribution in [0.5, 0.6) is 0 Å². The van der Waals surface area contributed by atoms with E-state index in [1.807, 2.05) is 0 Å². The maximum atomic E-state index is 12.9. The van der Waals surface area contributed by atoms with Crippen molar-refractivity contribution in [2.75, 3.05) is 12.3 Å². The van der Waals surface area contributed by atoms with Crippen LogP contribution < -0.4 is 5.73 Å². The molecule has 0 aliphatic carbocycles. The highest BCUT2D eigenvalue weighted by Gasteiger charge is 2.38. The fourth-order valence-corrected chi connectivity index (χ4v) is 3.47. The highest BCUT2D eigenvalue weighted by molar-refractivity contribution is 7.99. The van der Waals surface area contributed by atoms with E-state index in [4.69, 9.17) is 5.73 Å². The van der Waals surface area contributed by atoms with Crippen molar-refractivity contribution in [2.24, 2.45) is 5.73 Å². The Labute approximate surface area is 168 Å². The van der Waals surface area contributed by atoms with Crippen molar-refractivity contribution in [3.8, 4) is 0 Å². The van der Waals surface area contributed by atoms with Crippen LogP contribution in [-0.2, 0) is 24.1 Å². The molecule has 0 spiro atoms. The topological polar surface area (TPSA) is 77.0 Å². The van der Waals surface area contributed by atoms with Crippen LogP contribution in [0.4, 0.5) is 17.6 Å². The fourth-order valence-electron chi connectivity index (χ4n) is 2.61. The van der Waals surface area contributed by atoms with Gasteiger partial charge >= 0.3 is 6.18 Å². The Morgan fingerprint density at radius 3 is 2.57 bits per heavy atom. The molecular weight excluding hydrogens is 422 g/mol. The van der Waals surface area contributed by atoms with Gasteiger partial charge in [0.25, 0.3) is 5.82 Å². The van der Waals surface area contributed by atoms with Gasteiger partial charge in [0.2, 0.25) is 5.91 Å². The van der Waals surface area contributed by atoms with Crippen molar-refractivity contribution in [3.63, 3.8) is 0 Å². The van der Waals surface area contributed by atoms with Crippen molar-refractivity contribution in [1.82, 2.24) is 19.7 Å². The van der Waals surface area contributed by atoms with Crippen molar-refractivity contribution >= 4 is 30.1 Å². The largest absolute Gasteiger partial charge is 0.453 e. The Kier molecular flexibility index (Phi) is 7.29. The number of nitrogens with two attached hydrogens (primary N) is 1. The number of rotatable bonds is 5. The maximum absolute atomic E-state index is 12.9. The third-order valence-electron chi connectivity index (χ3n) is 3.98. The molecule has 6 nitrogen and oxygen atoms in total. The first-order chi connectivity index (χ1) is 12.7. The quantitative estimate of drug-likeness (QED) is 0.572. The highest BCUT2D eigenvalue weighted by atomic mass is 35.5. The number of hydrogen-bond acceptors (Lipinski definition) is 5. The Balaban J connectivity index is 0.00000280. The van der Waals surface area contributed by atoms with Crippen LogP contribution in [0.3, 0.4) is 0 Å². The third-order valence-corrected chi connectivity index (χ3v) is 5.18. The summed E-state index contributed by atoms with van der Waals surface area (Å²) in [5.41, 5.74) is 5.99. The molecule has 0 fully saturated rings. The monoisotopic (exact) mass is 439 g/mol. The number of halogens is 5. The van der Waals surface area contributed by atoms with Crippen molar-refractivity contribution < 1.29 is 22.4 Å². The molecule has 1 aliphatic heterocycles. The molecule has 0 bridgehead atoms. The van der Waals surface area contributed by atoms with Gasteiger partial charge in [-0.2, -0.15) is 13.2 Å². The maximum Gasteiger partial charge on any atom is 0.453 e. The molecule has 1 aromatic carbocycles. The van der Waals surface area contributed by atoms with Crippen LogP contribution in [-0.4, -0.2) is 43.9 Å². The van der Waals surface area contributed by atoms with Crippen LogP contribution >= 0.6 is 24.2 Å². The summed E-state index contributed by atoms with van der Waals surface area (Å²) in [7, 11) is 0. The van der Waals surface area contributed by atoms with E-state index in [0.717, 1.165) is 4.90 Å². The summed E-state index contributed by atoms with van der Waals surface area (Å²) in [5.74, 6) is -1.20. The van der Waals surface area contributed by atoms with Gasteiger partial charge in [-0.05, 0) is 24.3 Å². The van der Waals surface area contributed by atoms with Crippen LogP contribution in [0.15, 0.2) is 29.2 Å². The number of hydrogen-bond donors (Lipinski definition) is 1. The zero-order valence-corrected chi connectivity index (χ0v) is 16.2. The molecule has 0 saturated heterocycles. The third kappa shape index (κ3) is 5.58. The molecule has 3 rings (SSSR count). The lowest BCUT2D eigenvalue weighted by Crippen LogP contribution is -2.41. The minimum atomic E-state index is -4.61. The molecule has 2 N–H and O–H groups in total. The smallest absolute Gasteiger partial charge is 0.333 e. The minimum absolute atomic E-state index is 0. The summed E-state index contributed by atoms with van der Waals surface area (Å²) in [4.78, 5) is 18.1. The Morgan fingerprint density at radius 1 is 1.25 bits per heavy atom. The van der Waals surface area contributed by atoms with Gasteiger partial charge in [0.1, 0.15) is 11.6 Å². The minimum Gasteiger partial charge on any atom is -0.333 e. The first-order valence-corrected chi connectivity index (χ1v) is 9.13. The van der Waals surface area contributed by atoms with E-state index in [9.17, 15) is 22.4 Å². The van der Waals surface area contributed by atoms with Crippen molar-refractivity contribution in [2.45, 2.75) is 36.6 Å². The number of amides is 1. The van der Waals surface area contributed by atoms with Crippen LogP contribution in [0.1, 0.15) is 18.1 Å². The molecule has 2 heterocycles. The number of benzene rings is 1. The van der Waals surface area contributed by atoms with Gasteiger partial charge < -0.3 is 10.6 Å². The van der Waals surface area contributed by atoms with Crippen LogP contribution in [0.25, 0.3) is 0 Å². The molecule has 28 heavy (non-hydrogen) atoms. The lowest BCUT2D eigenvalue weighted by atomic mass is 10.2. The number of alkyl halides is 3. The zero-order chi connectivity index (χ0) is 19.6. The zero-order valence-electron chi connectivity index (χ0n) is 14.5. The second kappa shape index (κ2) is 9.10. The summed E-state index contributed by atoms with van der Waals surface area (Å²) in [6.07, 6.45) is -4.55. The number of fused-ring (bicyclic) bond motifs is 1. The highest BCUT2D eigenvalue weighted by Crippen LogP contribution is 2.27. The molecule has 1 aliphatic rings. The van der Waals surface area contributed by atoms with Gasteiger partial charge in [0, 0.05) is 29.7 Å². The molecule has 0 unspecified atom stereocenters. The Morgan fingerprint density at radius 2 is 1.93 bits per heavy atom. The predicted octanol–water partition coefficient (Wildman–Crippen LogP) is 2.71. The first-order valence-electron chi connectivity index (χ1n) is 8.15. The van der Waals surface area contributed by atoms with E-state index in [0.29, 0.717) is 5.75 Å². The average molecular weight is 440 g/mol. The van der Waals surface area contributed by atoms with Gasteiger partial charge in [-0.1, -0.05) is 0 Å². The number of carbonyl (C=O) groups is 1.